The monoisotopic (exact) mass is 327 g/mol. The highest BCUT2D eigenvalue weighted by atomic mass is 16.5. The second kappa shape index (κ2) is 7.94. The largest absolute Gasteiger partial charge is 0.379 e. The number of hydrogen-bond acceptors (Lipinski definition) is 6. The second-order valence-electron chi connectivity index (χ2n) is 5.70. The molecule has 2 aromatic rings. The van der Waals surface area contributed by atoms with E-state index in [2.05, 4.69) is 25.2 Å². The van der Waals surface area contributed by atoms with Crippen LogP contribution in [-0.4, -0.2) is 58.6 Å². The van der Waals surface area contributed by atoms with Crippen molar-refractivity contribution in [1.82, 2.24) is 25.2 Å². The van der Waals surface area contributed by atoms with Crippen LogP contribution >= 0.6 is 0 Å². The first-order valence-electron chi connectivity index (χ1n) is 8.02. The van der Waals surface area contributed by atoms with E-state index in [0.717, 1.165) is 24.3 Å². The van der Waals surface area contributed by atoms with Gasteiger partial charge in [0.2, 0.25) is 0 Å². The molecule has 1 atom stereocenters. The van der Waals surface area contributed by atoms with Crippen molar-refractivity contribution in [3.8, 4) is 0 Å². The van der Waals surface area contributed by atoms with Gasteiger partial charge in [-0.3, -0.25) is 19.7 Å². The molecule has 0 aromatic carbocycles. The molecule has 126 valence electrons. The molecule has 3 rings (SSSR count). The number of carbonyl (C=O) groups excluding carboxylic acids is 1. The van der Waals surface area contributed by atoms with Crippen molar-refractivity contribution in [2.45, 2.75) is 13.0 Å². The molecule has 0 spiro atoms. The summed E-state index contributed by atoms with van der Waals surface area (Å²) in [6.07, 6.45) is 6.69. The predicted molar refractivity (Wildman–Crippen MR) is 88.5 cm³/mol. The molecular formula is C17H21N5O2. The minimum absolute atomic E-state index is 0.0601. The molecule has 1 N–H and O–H groups in total. The lowest BCUT2D eigenvalue weighted by Crippen LogP contribution is -2.44. The van der Waals surface area contributed by atoms with Crippen LogP contribution < -0.4 is 5.32 Å². The lowest BCUT2D eigenvalue weighted by molar-refractivity contribution is 0.0161. The number of amides is 1. The molecule has 0 aliphatic carbocycles. The third-order valence-electron chi connectivity index (χ3n) is 4.03. The smallest absolute Gasteiger partial charge is 0.271 e. The fourth-order valence-electron chi connectivity index (χ4n) is 2.71. The molecule has 7 nitrogen and oxygen atoms in total. The fourth-order valence-corrected chi connectivity index (χ4v) is 2.71. The molecule has 0 radical (unpaired) electrons. The van der Waals surface area contributed by atoms with E-state index in [0.29, 0.717) is 25.5 Å². The van der Waals surface area contributed by atoms with E-state index in [1.165, 1.54) is 6.20 Å². The number of carbonyl (C=O) groups is 1. The summed E-state index contributed by atoms with van der Waals surface area (Å²) in [6.45, 7) is 5.40. The van der Waals surface area contributed by atoms with Crippen molar-refractivity contribution >= 4 is 5.91 Å². The van der Waals surface area contributed by atoms with Gasteiger partial charge in [-0.2, -0.15) is 0 Å². The molecule has 1 aliphatic rings. The van der Waals surface area contributed by atoms with Crippen LogP contribution in [0.15, 0.2) is 36.9 Å². The number of morpholine rings is 1. The summed E-state index contributed by atoms with van der Waals surface area (Å²) in [7, 11) is 0. The highest BCUT2D eigenvalue weighted by molar-refractivity contribution is 5.91. The Hall–Kier alpha value is -2.38. The van der Waals surface area contributed by atoms with Crippen LogP contribution in [0.3, 0.4) is 0 Å². The first-order chi connectivity index (χ1) is 11.7. The highest BCUT2D eigenvalue weighted by Gasteiger charge is 2.23. The van der Waals surface area contributed by atoms with Gasteiger partial charge >= 0.3 is 0 Å². The van der Waals surface area contributed by atoms with Crippen LogP contribution in [0.4, 0.5) is 0 Å². The number of aromatic nitrogens is 3. The molecule has 1 aliphatic heterocycles. The van der Waals surface area contributed by atoms with Crippen molar-refractivity contribution in [1.29, 1.82) is 0 Å². The zero-order valence-electron chi connectivity index (χ0n) is 13.7. The fraction of sp³-hybridized carbons (Fsp3) is 0.412. The number of pyridine rings is 1. The second-order valence-corrected chi connectivity index (χ2v) is 5.70. The van der Waals surface area contributed by atoms with Gasteiger partial charge in [0, 0.05) is 38.2 Å². The molecule has 0 bridgehead atoms. The average Bonchev–Trinajstić information content (AvgIpc) is 2.64. The SMILES string of the molecule is Cc1cnc(C(=O)NC[C@@H](c2cccnc2)N2CCOCC2)cn1. The lowest BCUT2D eigenvalue weighted by atomic mass is 10.1. The summed E-state index contributed by atoms with van der Waals surface area (Å²) in [5.41, 5.74) is 2.19. The zero-order chi connectivity index (χ0) is 16.8. The minimum atomic E-state index is -0.218. The third kappa shape index (κ3) is 4.12. The van der Waals surface area contributed by atoms with Gasteiger partial charge in [-0.15, -0.1) is 0 Å². The molecule has 1 fully saturated rings. The Balaban J connectivity index is 1.69. The lowest BCUT2D eigenvalue weighted by Gasteiger charge is -2.34. The van der Waals surface area contributed by atoms with E-state index in [4.69, 9.17) is 4.74 Å². The number of aryl methyl sites for hydroxylation is 1. The summed E-state index contributed by atoms with van der Waals surface area (Å²) in [5, 5.41) is 2.96. The van der Waals surface area contributed by atoms with Crippen molar-refractivity contribution in [3.63, 3.8) is 0 Å². The van der Waals surface area contributed by atoms with E-state index in [-0.39, 0.29) is 11.9 Å². The van der Waals surface area contributed by atoms with Gasteiger partial charge in [0.15, 0.2) is 0 Å². The molecule has 24 heavy (non-hydrogen) atoms. The number of nitrogens with one attached hydrogen (secondary N) is 1. The van der Waals surface area contributed by atoms with Gasteiger partial charge in [0.1, 0.15) is 5.69 Å². The van der Waals surface area contributed by atoms with Crippen LogP contribution in [-0.2, 0) is 4.74 Å². The van der Waals surface area contributed by atoms with E-state index >= 15 is 0 Å². The van der Waals surface area contributed by atoms with Gasteiger partial charge < -0.3 is 10.1 Å². The van der Waals surface area contributed by atoms with Gasteiger partial charge in [-0.25, -0.2) is 4.98 Å². The molecule has 3 heterocycles. The summed E-state index contributed by atoms with van der Waals surface area (Å²) >= 11 is 0. The molecule has 0 unspecified atom stereocenters. The zero-order valence-corrected chi connectivity index (χ0v) is 13.7. The first-order valence-corrected chi connectivity index (χ1v) is 8.02. The van der Waals surface area contributed by atoms with Crippen molar-refractivity contribution in [2.24, 2.45) is 0 Å². The van der Waals surface area contributed by atoms with Crippen molar-refractivity contribution in [3.05, 3.63) is 53.9 Å². The van der Waals surface area contributed by atoms with E-state index in [1.54, 1.807) is 12.4 Å². The third-order valence-corrected chi connectivity index (χ3v) is 4.03. The number of hydrogen-bond donors (Lipinski definition) is 1. The Morgan fingerprint density at radius 3 is 2.79 bits per heavy atom. The molecule has 7 heteroatoms. The number of nitrogens with zero attached hydrogens (tertiary/aromatic N) is 4. The van der Waals surface area contributed by atoms with Gasteiger partial charge in [0.05, 0.1) is 31.1 Å². The van der Waals surface area contributed by atoms with Crippen LogP contribution in [0.1, 0.15) is 27.8 Å². The minimum Gasteiger partial charge on any atom is -0.379 e. The van der Waals surface area contributed by atoms with Crippen molar-refractivity contribution in [2.75, 3.05) is 32.8 Å². The topological polar surface area (TPSA) is 80.2 Å². The number of ether oxygens (including phenoxy) is 1. The molecule has 2 aromatic heterocycles. The van der Waals surface area contributed by atoms with E-state index < -0.39 is 0 Å². The summed E-state index contributed by atoms with van der Waals surface area (Å²) < 4.78 is 5.43. The van der Waals surface area contributed by atoms with Gasteiger partial charge in [0.25, 0.3) is 5.91 Å². The quantitative estimate of drug-likeness (QED) is 0.882. The van der Waals surface area contributed by atoms with Crippen molar-refractivity contribution < 1.29 is 9.53 Å². The predicted octanol–water partition coefficient (Wildman–Crippen LogP) is 0.983. The molecule has 0 saturated carbocycles. The van der Waals surface area contributed by atoms with Crippen LogP contribution in [0.25, 0.3) is 0 Å². The Morgan fingerprint density at radius 2 is 2.12 bits per heavy atom. The van der Waals surface area contributed by atoms with Gasteiger partial charge in [-0.1, -0.05) is 6.07 Å². The van der Waals surface area contributed by atoms with E-state index in [1.807, 2.05) is 25.3 Å². The normalized spacial score (nSPS) is 16.5. The summed E-state index contributed by atoms with van der Waals surface area (Å²) in [5.74, 6) is -0.218. The Bertz CT molecular complexity index is 656. The van der Waals surface area contributed by atoms with Crippen LogP contribution in [0.2, 0.25) is 0 Å². The average molecular weight is 327 g/mol. The summed E-state index contributed by atoms with van der Waals surface area (Å²) in [6, 6.07) is 4.01. The maximum atomic E-state index is 12.3. The molecule has 1 amide bonds. The Morgan fingerprint density at radius 1 is 1.29 bits per heavy atom. The van der Waals surface area contributed by atoms with Crippen LogP contribution in [0.5, 0.6) is 0 Å². The maximum Gasteiger partial charge on any atom is 0.271 e. The molecule has 1 saturated heterocycles. The first kappa shape index (κ1) is 16.5. The van der Waals surface area contributed by atoms with E-state index in [9.17, 15) is 4.79 Å². The van der Waals surface area contributed by atoms with Crippen LogP contribution in [0, 0.1) is 6.92 Å². The maximum absolute atomic E-state index is 12.3. The highest BCUT2D eigenvalue weighted by Crippen LogP contribution is 2.20. The number of rotatable bonds is 5. The summed E-state index contributed by atoms with van der Waals surface area (Å²) in [4.78, 5) is 27.0. The molecular weight excluding hydrogens is 306 g/mol. The standard InChI is InChI=1S/C17H21N5O2/c1-13-9-20-15(11-19-13)17(23)21-12-16(14-3-2-4-18-10-14)22-5-7-24-8-6-22/h2-4,9-11,16H,5-8,12H2,1H3,(H,21,23)/t16-/m0/s1. The Labute approximate surface area is 141 Å². The Kier molecular flexibility index (Phi) is 5.45. The van der Waals surface area contributed by atoms with Gasteiger partial charge in [-0.05, 0) is 18.6 Å².